The number of thiazole rings is 1. The summed E-state index contributed by atoms with van der Waals surface area (Å²) in [5.74, 6) is 0.790. The number of methoxy groups -OCH3 is 1. The molecule has 0 spiro atoms. The van der Waals surface area contributed by atoms with Crippen LogP contribution in [0.4, 0.5) is 0 Å². The molecule has 4 nitrogen and oxygen atoms in total. The molecule has 1 aliphatic carbocycles. The molecular weight excluding hydrogens is 436 g/mol. The van der Waals surface area contributed by atoms with Crippen LogP contribution >= 0.6 is 22.7 Å². The first kappa shape index (κ1) is 19.5. The number of fused-ring (bicyclic) bond motifs is 3. The van der Waals surface area contributed by atoms with Crippen molar-refractivity contribution in [3.05, 3.63) is 113 Å². The van der Waals surface area contributed by atoms with Crippen LogP contribution in [0.25, 0.3) is 11.8 Å². The fraction of sp³-hybridized carbons (Fsp3) is 0.154. The molecule has 0 amide bonds. The largest absolute Gasteiger partial charge is 0.496 e. The zero-order valence-corrected chi connectivity index (χ0v) is 19.1. The van der Waals surface area contributed by atoms with Gasteiger partial charge in [-0.05, 0) is 47.6 Å². The van der Waals surface area contributed by atoms with Crippen LogP contribution in [0.5, 0.6) is 5.75 Å². The van der Waals surface area contributed by atoms with E-state index in [1.54, 1.807) is 18.4 Å². The molecule has 2 aromatic carbocycles. The number of ether oxygens (including phenoxy) is 1. The first-order valence-electron chi connectivity index (χ1n) is 10.5. The number of para-hydroxylation sites is 1. The molecule has 0 bridgehead atoms. The van der Waals surface area contributed by atoms with Crippen molar-refractivity contribution >= 4 is 34.4 Å². The fourth-order valence-electron chi connectivity index (χ4n) is 4.69. The lowest BCUT2D eigenvalue weighted by Crippen LogP contribution is -2.38. The van der Waals surface area contributed by atoms with Gasteiger partial charge in [0.05, 0.1) is 23.4 Å². The van der Waals surface area contributed by atoms with E-state index in [0.717, 1.165) is 39.5 Å². The Morgan fingerprint density at radius 2 is 1.91 bits per heavy atom. The summed E-state index contributed by atoms with van der Waals surface area (Å²) in [6, 6.07) is 20.3. The van der Waals surface area contributed by atoms with Gasteiger partial charge in [-0.15, -0.1) is 11.3 Å². The van der Waals surface area contributed by atoms with Crippen LogP contribution in [0.2, 0.25) is 0 Å². The highest BCUT2D eigenvalue weighted by Crippen LogP contribution is 2.43. The predicted octanol–water partition coefficient (Wildman–Crippen LogP) is 4.39. The molecule has 158 valence electrons. The van der Waals surface area contributed by atoms with Crippen molar-refractivity contribution in [3.63, 3.8) is 0 Å². The summed E-state index contributed by atoms with van der Waals surface area (Å²) >= 11 is 3.09. The number of benzene rings is 2. The standard InChI is InChI=1S/C26H20N2O2S2/c1-30-21-11-5-4-10-19(21)24-20-13-12-16-7-2-3-9-18(16)23(20)27-26-28(24)25(29)22(32-26)15-17-8-6-14-31-17/h2-11,14-15,24H,12-13H2,1H3/b22-15-. The highest BCUT2D eigenvalue weighted by Gasteiger charge is 2.33. The van der Waals surface area contributed by atoms with Gasteiger partial charge in [0.2, 0.25) is 0 Å². The van der Waals surface area contributed by atoms with Crippen molar-refractivity contribution in [2.75, 3.05) is 7.11 Å². The van der Waals surface area contributed by atoms with Crippen molar-refractivity contribution in [2.24, 2.45) is 4.99 Å². The van der Waals surface area contributed by atoms with Crippen LogP contribution in [-0.4, -0.2) is 11.7 Å². The monoisotopic (exact) mass is 456 g/mol. The Kier molecular flexibility index (Phi) is 4.70. The minimum Gasteiger partial charge on any atom is -0.496 e. The topological polar surface area (TPSA) is 43.6 Å². The van der Waals surface area contributed by atoms with Crippen LogP contribution in [0.1, 0.15) is 34.0 Å². The van der Waals surface area contributed by atoms with Crippen molar-refractivity contribution in [1.29, 1.82) is 0 Å². The second-order valence-electron chi connectivity index (χ2n) is 7.87. The summed E-state index contributed by atoms with van der Waals surface area (Å²) in [4.78, 5) is 20.5. The number of aryl methyl sites for hydroxylation is 1. The second kappa shape index (κ2) is 7.73. The molecule has 32 heavy (non-hydrogen) atoms. The molecule has 1 aliphatic heterocycles. The van der Waals surface area contributed by atoms with Crippen LogP contribution in [-0.2, 0) is 6.42 Å². The maximum atomic E-state index is 13.7. The number of aromatic nitrogens is 1. The lowest BCUT2D eigenvalue weighted by Gasteiger charge is -2.31. The van der Waals surface area contributed by atoms with Gasteiger partial charge >= 0.3 is 0 Å². The predicted molar refractivity (Wildman–Crippen MR) is 130 cm³/mol. The van der Waals surface area contributed by atoms with Crippen LogP contribution in [0.3, 0.4) is 0 Å². The maximum Gasteiger partial charge on any atom is 0.271 e. The molecule has 0 fully saturated rings. The van der Waals surface area contributed by atoms with Crippen molar-refractivity contribution in [3.8, 4) is 5.75 Å². The molecule has 4 aromatic rings. The third kappa shape index (κ3) is 3.02. The zero-order valence-electron chi connectivity index (χ0n) is 17.4. The smallest absolute Gasteiger partial charge is 0.271 e. The molecule has 6 heteroatoms. The van der Waals surface area contributed by atoms with Gasteiger partial charge in [0, 0.05) is 16.0 Å². The first-order valence-corrected chi connectivity index (χ1v) is 12.2. The number of hydrogen-bond donors (Lipinski definition) is 0. The van der Waals surface area contributed by atoms with E-state index in [1.807, 2.05) is 46.4 Å². The molecule has 3 heterocycles. The van der Waals surface area contributed by atoms with Crippen LogP contribution < -0.4 is 19.6 Å². The first-order chi connectivity index (χ1) is 15.7. The van der Waals surface area contributed by atoms with E-state index in [2.05, 4.69) is 30.3 Å². The third-order valence-electron chi connectivity index (χ3n) is 6.12. The van der Waals surface area contributed by atoms with Gasteiger partial charge < -0.3 is 4.74 Å². The van der Waals surface area contributed by atoms with Crippen molar-refractivity contribution < 1.29 is 4.74 Å². The summed E-state index contributed by atoms with van der Waals surface area (Å²) in [5.41, 5.74) is 5.68. The fourth-order valence-corrected chi connectivity index (χ4v) is 6.42. The SMILES string of the molecule is COc1ccccc1C1C2=C(N=c3s/c(=C\c4cccs4)c(=O)n31)c1ccccc1CC2. The highest BCUT2D eigenvalue weighted by atomic mass is 32.1. The van der Waals surface area contributed by atoms with Crippen LogP contribution in [0.15, 0.2) is 81.4 Å². The van der Waals surface area contributed by atoms with Gasteiger partial charge in [0.1, 0.15) is 5.75 Å². The van der Waals surface area contributed by atoms with Gasteiger partial charge in [0.15, 0.2) is 4.80 Å². The quantitative estimate of drug-likeness (QED) is 0.459. The molecule has 1 unspecified atom stereocenters. The Bertz CT molecular complexity index is 1540. The molecule has 0 saturated carbocycles. The Hall–Kier alpha value is -3.22. The van der Waals surface area contributed by atoms with E-state index in [4.69, 9.17) is 9.73 Å². The summed E-state index contributed by atoms with van der Waals surface area (Å²) in [7, 11) is 1.69. The van der Waals surface area contributed by atoms with Crippen molar-refractivity contribution in [1.82, 2.24) is 4.57 Å². The van der Waals surface area contributed by atoms with E-state index in [1.165, 1.54) is 28.0 Å². The average Bonchev–Trinajstić information content (AvgIpc) is 3.46. The number of nitrogens with zero attached hydrogens (tertiary/aromatic N) is 2. The Morgan fingerprint density at radius 1 is 1.06 bits per heavy atom. The number of allylic oxidation sites excluding steroid dienone is 1. The third-order valence-corrected chi connectivity index (χ3v) is 7.93. The molecule has 2 aliphatic rings. The molecule has 6 rings (SSSR count). The number of hydrogen-bond acceptors (Lipinski definition) is 5. The maximum absolute atomic E-state index is 13.7. The number of rotatable bonds is 3. The highest BCUT2D eigenvalue weighted by molar-refractivity contribution is 7.11. The molecule has 2 aromatic heterocycles. The summed E-state index contributed by atoms with van der Waals surface area (Å²) in [6.45, 7) is 0. The normalized spacial score (nSPS) is 17.4. The Balaban J connectivity index is 1.67. The van der Waals surface area contributed by atoms with Crippen LogP contribution in [0, 0.1) is 0 Å². The van der Waals surface area contributed by atoms with E-state index >= 15 is 0 Å². The van der Waals surface area contributed by atoms with E-state index in [9.17, 15) is 4.79 Å². The lowest BCUT2D eigenvalue weighted by molar-refractivity contribution is 0.402. The Labute approximate surface area is 193 Å². The number of thiophene rings is 1. The minimum atomic E-state index is -0.226. The minimum absolute atomic E-state index is 0.00321. The molecule has 0 saturated heterocycles. The molecule has 1 atom stereocenters. The average molecular weight is 457 g/mol. The molecule has 0 radical (unpaired) electrons. The van der Waals surface area contributed by atoms with Gasteiger partial charge in [0.25, 0.3) is 5.56 Å². The summed E-state index contributed by atoms with van der Waals surface area (Å²) in [5, 5.41) is 2.02. The molecular formula is C26H20N2O2S2. The Morgan fingerprint density at radius 3 is 2.75 bits per heavy atom. The lowest BCUT2D eigenvalue weighted by atomic mass is 9.83. The van der Waals surface area contributed by atoms with E-state index in [-0.39, 0.29) is 11.6 Å². The van der Waals surface area contributed by atoms with Gasteiger partial charge in [-0.2, -0.15) is 0 Å². The van der Waals surface area contributed by atoms with Gasteiger partial charge in [-0.3, -0.25) is 9.36 Å². The zero-order chi connectivity index (χ0) is 21.7. The van der Waals surface area contributed by atoms with Gasteiger partial charge in [-0.1, -0.05) is 59.9 Å². The second-order valence-corrected chi connectivity index (χ2v) is 9.86. The van der Waals surface area contributed by atoms with E-state index < -0.39 is 0 Å². The molecule has 0 N–H and O–H groups in total. The van der Waals surface area contributed by atoms with Gasteiger partial charge in [-0.25, -0.2) is 4.99 Å². The summed E-state index contributed by atoms with van der Waals surface area (Å²) in [6.07, 6.45) is 3.79. The van der Waals surface area contributed by atoms with Crippen molar-refractivity contribution in [2.45, 2.75) is 18.9 Å². The summed E-state index contributed by atoms with van der Waals surface area (Å²) < 4.78 is 8.30. The van der Waals surface area contributed by atoms with E-state index in [0.29, 0.717) is 4.53 Å².